The van der Waals surface area contributed by atoms with Crippen molar-refractivity contribution >= 4 is 13.8 Å². The average molecular weight is 839 g/mol. The molecule has 3 N–H and O–H groups in total. The van der Waals surface area contributed by atoms with Crippen molar-refractivity contribution in [3.63, 3.8) is 0 Å². The minimum Gasteiger partial charge on any atom is -0.457 e. The third kappa shape index (κ3) is 43.7. The van der Waals surface area contributed by atoms with Gasteiger partial charge in [0.1, 0.15) is 12.2 Å². The lowest BCUT2D eigenvalue weighted by atomic mass is 10.1. The molecule has 3 atom stereocenters. The number of aliphatic hydroxyl groups is 2. The number of rotatable bonds is 44. The molecule has 338 valence electrons. The van der Waals surface area contributed by atoms with Crippen LogP contribution in [0.2, 0.25) is 0 Å². The number of hydrogen-bond donors (Lipinski definition) is 3. The van der Waals surface area contributed by atoms with Crippen molar-refractivity contribution in [1.82, 2.24) is 0 Å². The molecule has 0 bridgehead atoms. The summed E-state index contributed by atoms with van der Waals surface area (Å²) in [6.07, 6.45) is 51.8. The minimum atomic E-state index is -4.52. The Labute approximate surface area is 355 Å². The molecule has 10 heteroatoms. The van der Waals surface area contributed by atoms with Gasteiger partial charge in [-0.2, -0.15) is 0 Å². The van der Waals surface area contributed by atoms with Crippen LogP contribution in [0.5, 0.6) is 0 Å². The number of aliphatic hydroxyl groups excluding tert-OH is 2. The van der Waals surface area contributed by atoms with Gasteiger partial charge < -0.3 is 24.6 Å². The van der Waals surface area contributed by atoms with Crippen LogP contribution < -0.4 is 0 Å². The molecule has 0 aromatic heterocycles. The monoisotopic (exact) mass is 839 g/mol. The number of hydrogen-bond acceptors (Lipinski definition) is 8. The van der Waals surface area contributed by atoms with E-state index in [0.717, 1.165) is 77.0 Å². The Bertz CT molecular complexity index is 1090. The van der Waals surface area contributed by atoms with Gasteiger partial charge >= 0.3 is 13.8 Å². The van der Waals surface area contributed by atoms with E-state index >= 15 is 0 Å². The molecular formula is C48H87O9P. The van der Waals surface area contributed by atoms with Crippen molar-refractivity contribution < 1.29 is 43.0 Å². The van der Waals surface area contributed by atoms with E-state index in [2.05, 4.69) is 74.6 Å². The van der Waals surface area contributed by atoms with Crippen LogP contribution in [0.4, 0.5) is 0 Å². The van der Waals surface area contributed by atoms with Crippen LogP contribution in [-0.2, 0) is 27.9 Å². The predicted octanol–water partition coefficient (Wildman–Crippen LogP) is 13.1. The maximum atomic E-state index is 12.6. The van der Waals surface area contributed by atoms with Gasteiger partial charge in [-0.25, -0.2) is 4.57 Å². The van der Waals surface area contributed by atoms with Gasteiger partial charge in [0, 0.05) is 13.0 Å². The predicted molar refractivity (Wildman–Crippen MR) is 242 cm³/mol. The Balaban J connectivity index is 4.08. The number of phosphoric ester groups is 1. The summed E-state index contributed by atoms with van der Waals surface area (Å²) in [5, 5.41) is 18.4. The van der Waals surface area contributed by atoms with Gasteiger partial charge in [-0.15, -0.1) is 0 Å². The highest BCUT2D eigenvalue weighted by molar-refractivity contribution is 7.47. The summed E-state index contributed by atoms with van der Waals surface area (Å²) in [5.74, 6) is -0.394. The largest absolute Gasteiger partial charge is 0.472 e. The molecule has 0 heterocycles. The Morgan fingerprint density at radius 3 is 1.50 bits per heavy atom. The van der Waals surface area contributed by atoms with Crippen molar-refractivity contribution in [3.8, 4) is 0 Å². The Hall–Kier alpha value is -1.84. The van der Waals surface area contributed by atoms with Crippen LogP contribution in [0, 0.1) is 0 Å². The van der Waals surface area contributed by atoms with Crippen molar-refractivity contribution in [2.24, 2.45) is 0 Å². The fourth-order valence-corrected chi connectivity index (χ4v) is 6.95. The normalized spacial score (nSPS) is 14.5. The molecule has 0 fully saturated rings. The van der Waals surface area contributed by atoms with Gasteiger partial charge in [-0.1, -0.05) is 171 Å². The highest BCUT2D eigenvalue weighted by Crippen LogP contribution is 2.43. The molecule has 0 spiro atoms. The molecule has 58 heavy (non-hydrogen) atoms. The van der Waals surface area contributed by atoms with E-state index in [4.69, 9.17) is 23.6 Å². The summed E-state index contributed by atoms with van der Waals surface area (Å²) in [4.78, 5) is 22.6. The van der Waals surface area contributed by atoms with Crippen LogP contribution in [-0.4, -0.2) is 66.3 Å². The van der Waals surface area contributed by atoms with Gasteiger partial charge in [0.05, 0.1) is 26.4 Å². The maximum Gasteiger partial charge on any atom is 0.472 e. The second kappa shape index (κ2) is 44.7. The van der Waals surface area contributed by atoms with Crippen LogP contribution in [0.3, 0.4) is 0 Å². The first kappa shape index (κ1) is 56.2. The van der Waals surface area contributed by atoms with Crippen LogP contribution in [0.15, 0.2) is 60.8 Å². The van der Waals surface area contributed by atoms with Gasteiger partial charge in [0.2, 0.25) is 0 Å². The zero-order valence-electron chi connectivity index (χ0n) is 37.0. The van der Waals surface area contributed by atoms with E-state index in [-0.39, 0.29) is 19.6 Å². The first-order valence-corrected chi connectivity index (χ1v) is 24.8. The summed E-state index contributed by atoms with van der Waals surface area (Å²) in [6.45, 7) is 3.37. The number of allylic oxidation sites excluding steroid dienone is 10. The van der Waals surface area contributed by atoms with Crippen molar-refractivity contribution in [3.05, 3.63) is 60.8 Å². The third-order valence-electron chi connectivity index (χ3n) is 9.69. The van der Waals surface area contributed by atoms with Crippen LogP contribution >= 0.6 is 7.82 Å². The fourth-order valence-electron chi connectivity index (χ4n) is 6.16. The highest BCUT2D eigenvalue weighted by atomic mass is 31.2. The van der Waals surface area contributed by atoms with E-state index in [9.17, 15) is 19.4 Å². The molecule has 0 aliphatic heterocycles. The topological polar surface area (TPSA) is 132 Å². The molecule has 0 aliphatic carbocycles. The fraction of sp³-hybridized carbons (Fsp3) is 0.771. The summed E-state index contributed by atoms with van der Waals surface area (Å²) in [6, 6.07) is 0. The van der Waals surface area contributed by atoms with E-state index in [1.807, 2.05) is 0 Å². The lowest BCUT2D eigenvalue weighted by Gasteiger charge is -2.20. The molecule has 0 aliphatic rings. The Morgan fingerprint density at radius 2 is 0.983 bits per heavy atom. The first-order valence-electron chi connectivity index (χ1n) is 23.3. The van der Waals surface area contributed by atoms with Gasteiger partial charge in [0.15, 0.2) is 0 Å². The molecule has 0 aromatic rings. The molecule has 0 amide bonds. The summed E-state index contributed by atoms with van der Waals surface area (Å²) >= 11 is 0. The Kier molecular flexibility index (Phi) is 43.3. The zero-order valence-corrected chi connectivity index (χ0v) is 37.9. The number of ether oxygens (including phenoxy) is 2. The zero-order chi connectivity index (χ0) is 42.5. The summed E-state index contributed by atoms with van der Waals surface area (Å²) < 4.78 is 33.4. The molecule has 0 saturated heterocycles. The standard InChI is InChI=1S/C48H87O9P/c1-3-5-7-9-11-13-15-17-18-19-20-21-22-23-24-25-26-27-29-31-33-35-37-39-41-54-44-47(45-56-58(52,53)55-43-46(50)42-49)57-48(51)40-38-36-34-32-30-28-16-14-12-10-8-6-4-2/h5,7,11,13-14,16-18,20-21,46-47,49-50H,3-4,6,8-10,12,15,19,22-45H2,1-2H3,(H,52,53)/b7-5-,13-11-,16-14-,18-17-,21-20-. The van der Waals surface area contributed by atoms with Crippen molar-refractivity contribution in [1.29, 1.82) is 0 Å². The minimum absolute atomic E-state index is 0.0422. The maximum absolute atomic E-state index is 12.6. The van der Waals surface area contributed by atoms with E-state index in [1.54, 1.807) is 0 Å². The first-order chi connectivity index (χ1) is 28.3. The lowest BCUT2D eigenvalue weighted by Crippen LogP contribution is -2.29. The van der Waals surface area contributed by atoms with Gasteiger partial charge in [0.25, 0.3) is 0 Å². The lowest BCUT2D eigenvalue weighted by molar-refractivity contribution is -0.154. The second-order valence-corrected chi connectivity index (χ2v) is 16.8. The smallest absolute Gasteiger partial charge is 0.457 e. The van der Waals surface area contributed by atoms with Crippen LogP contribution in [0.25, 0.3) is 0 Å². The molecular weight excluding hydrogens is 751 g/mol. The number of unbranched alkanes of at least 4 members (excludes halogenated alkanes) is 20. The molecule has 0 radical (unpaired) electrons. The highest BCUT2D eigenvalue weighted by Gasteiger charge is 2.26. The summed E-state index contributed by atoms with van der Waals surface area (Å²) in [7, 11) is -4.52. The SMILES string of the molecule is CC/C=C\C/C=C\C/C=C\C/C=C\CCCCCCCCCCCCCOCC(COP(=O)(O)OCC(O)CO)OC(=O)CCCCCCC/C=C\CCCCCC. The number of carbonyl (C=O) groups is 1. The van der Waals surface area contributed by atoms with Gasteiger partial charge in [-0.05, 0) is 77.0 Å². The average Bonchev–Trinajstić information content (AvgIpc) is 3.21. The number of phosphoric acid groups is 1. The molecule has 0 rings (SSSR count). The molecule has 0 aromatic carbocycles. The Morgan fingerprint density at radius 1 is 0.552 bits per heavy atom. The number of esters is 1. The van der Waals surface area contributed by atoms with Crippen molar-refractivity contribution in [2.75, 3.05) is 33.0 Å². The van der Waals surface area contributed by atoms with Crippen molar-refractivity contribution in [2.45, 2.75) is 206 Å². The summed E-state index contributed by atoms with van der Waals surface area (Å²) in [5.41, 5.74) is 0. The molecule has 3 unspecified atom stereocenters. The van der Waals surface area contributed by atoms with E-state index in [0.29, 0.717) is 13.0 Å². The third-order valence-corrected chi connectivity index (χ3v) is 10.6. The molecule has 9 nitrogen and oxygen atoms in total. The number of carbonyl (C=O) groups excluding carboxylic acids is 1. The van der Waals surface area contributed by atoms with E-state index < -0.39 is 39.2 Å². The molecule has 0 saturated carbocycles. The quantitative estimate of drug-likeness (QED) is 0.0237. The van der Waals surface area contributed by atoms with Crippen LogP contribution in [0.1, 0.15) is 194 Å². The van der Waals surface area contributed by atoms with Gasteiger partial charge in [-0.3, -0.25) is 13.8 Å². The van der Waals surface area contributed by atoms with E-state index in [1.165, 1.54) is 89.9 Å². The second-order valence-electron chi connectivity index (χ2n) is 15.4.